The first-order valence-electron chi connectivity index (χ1n) is 10.5. The van der Waals surface area contributed by atoms with Gasteiger partial charge in [-0.15, -0.1) is 0 Å². The second kappa shape index (κ2) is 13.0. The van der Waals surface area contributed by atoms with Crippen LogP contribution < -0.4 is 15.4 Å². The fourth-order valence-corrected chi connectivity index (χ4v) is 2.98. The quantitative estimate of drug-likeness (QED) is 0.187. The Morgan fingerprint density at radius 1 is 0.970 bits per heavy atom. The average molecular weight is 466 g/mol. The predicted molar refractivity (Wildman–Crippen MR) is 116 cm³/mol. The number of hydrogen-bond donors (Lipinski definition) is 5. The molecule has 0 heterocycles. The number of carbonyl (C=O) groups is 5. The van der Waals surface area contributed by atoms with Gasteiger partial charge in [0.1, 0.15) is 11.3 Å². The Bertz CT molecular complexity index is 840. The Balaban J connectivity index is 2.97. The summed E-state index contributed by atoms with van der Waals surface area (Å²) in [5.41, 5.74) is -0.802. The normalized spacial score (nSPS) is 12.5. The highest BCUT2D eigenvalue weighted by Crippen LogP contribution is 2.19. The van der Waals surface area contributed by atoms with Gasteiger partial charge in [-0.05, 0) is 31.0 Å². The van der Waals surface area contributed by atoms with Crippen LogP contribution in [0.3, 0.4) is 0 Å². The summed E-state index contributed by atoms with van der Waals surface area (Å²) in [5.74, 6) is -5.45. The number of aliphatic carboxylic acids is 3. The molecule has 1 rings (SSSR count). The molecular formula is C22H30N2O9. The van der Waals surface area contributed by atoms with E-state index in [0.29, 0.717) is 12.1 Å². The van der Waals surface area contributed by atoms with Gasteiger partial charge in [-0.1, -0.05) is 31.9 Å². The van der Waals surface area contributed by atoms with Crippen LogP contribution in [0.5, 0.6) is 5.75 Å². The minimum atomic E-state index is -2.07. The smallest absolute Gasteiger partial charge is 0.356 e. The number of carboxylic acid groups (broad SMARTS) is 3. The molecule has 0 aliphatic carbocycles. The third-order valence-electron chi connectivity index (χ3n) is 4.73. The van der Waals surface area contributed by atoms with E-state index in [-0.39, 0.29) is 25.0 Å². The second-order valence-corrected chi connectivity index (χ2v) is 7.73. The van der Waals surface area contributed by atoms with Crippen LogP contribution in [0.25, 0.3) is 0 Å². The van der Waals surface area contributed by atoms with E-state index in [9.17, 15) is 24.0 Å². The number of benzene rings is 1. The average Bonchev–Trinajstić information content (AvgIpc) is 2.74. The number of nitrogens with one attached hydrogen (secondary N) is 2. The van der Waals surface area contributed by atoms with Crippen LogP contribution in [0.2, 0.25) is 0 Å². The van der Waals surface area contributed by atoms with Crippen molar-refractivity contribution in [2.45, 2.75) is 64.0 Å². The molecule has 0 spiro atoms. The lowest BCUT2D eigenvalue weighted by molar-refractivity contribution is -0.159. The molecule has 11 heteroatoms. The third-order valence-corrected chi connectivity index (χ3v) is 4.73. The van der Waals surface area contributed by atoms with Gasteiger partial charge >= 0.3 is 17.9 Å². The van der Waals surface area contributed by atoms with E-state index in [1.807, 2.05) is 6.92 Å². The molecule has 0 fully saturated rings. The molecule has 0 aliphatic rings. The highest BCUT2D eigenvalue weighted by Gasteiger charge is 2.35. The molecule has 0 saturated carbocycles. The van der Waals surface area contributed by atoms with Gasteiger partial charge in [0, 0.05) is 19.4 Å². The van der Waals surface area contributed by atoms with Crippen molar-refractivity contribution in [3.05, 3.63) is 29.8 Å². The summed E-state index contributed by atoms with van der Waals surface area (Å²) >= 11 is 0. The molecule has 0 bridgehead atoms. The largest absolute Gasteiger partial charge is 0.481 e. The summed E-state index contributed by atoms with van der Waals surface area (Å²) < 4.78 is 4.96. The summed E-state index contributed by atoms with van der Waals surface area (Å²) in [6, 6.07) is 5.75. The fourth-order valence-electron chi connectivity index (χ4n) is 2.98. The molecular weight excluding hydrogens is 436 g/mol. The maximum absolute atomic E-state index is 12.9. The molecule has 1 unspecified atom stereocenters. The lowest BCUT2D eigenvalue weighted by Crippen LogP contribution is -2.58. The molecule has 182 valence electrons. The van der Waals surface area contributed by atoms with E-state index in [0.717, 1.165) is 19.3 Å². The van der Waals surface area contributed by atoms with Crippen molar-refractivity contribution in [3.8, 4) is 5.75 Å². The van der Waals surface area contributed by atoms with Gasteiger partial charge in [0.2, 0.25) is 11.8 Å². The van der Waals surface area contributed by atoms with Gasteiger partial charge in [0.15, 0.2) is 0 Å². The van der Waals surface area contributed by atoms with Gasteiger partial charge in [-0.25, -0.2) is 9.59 Å². The Morgan fingerprint density at radius 3 is 2.09 bits per heavy atom. The van der Waals surface area contributed by atoms with Crippen molar-refractivity contribution in [2.75, 3.05) is 6.54 Å². The second-order valence-electron chi connectivity index (χ2n) is 7.73. The zero-order valence-electron chi connectivity index (χ0n) is 18.6. The van der Waals surface area contributed by atoms with Crippen molar-refractivity contribution in [1.82, 2.24) is 10.6 Å². The summed E-state index contributed by atoms with van der Waals surface area (Å²) in [6.45, 7) is 3.97. The number of amides is 2. The highest BCUT2D eigenvalue weighted by molar-refractivity contribution is 5.96. The first-order valence-corrected chi connectivity index (χ1v) is 10.5. The Morgan fingerprint density at radius 2 is 1.58 bits per heavy atom. The number of rotatable bonds is 15. The summed E-state index contributed by atoms with van der Waals surface area (Å²) in [6.07, 6.45) is -0.00982. The van der Waals surface area contributed by atoms with E-state index in [2.05, 4.69) is 10.6 Å². The molecule has 5 N–H and O–H groups in total. The van der Waals surface area contributed by atoms with Gasteiger partial charge < -0.3 is 30.7 Å². The molecule has 0 saturated heterocycles. The number of ether oxygens (including phenoxy) is 1. The van der Waals surface area contributed by atoms with E-state index in [1.54, 1.807) is 0 Å². The molecule has 33 heavy (non-hydrogen) atoms. The van der Waals surface area contributed by atoms with Crippen LogP contribution in [0.1, 0.15) is 51.5 Å². The van der Waals surface area contributed by atoms with Crippen molar-refractivity contribution in [2.24, 2.45) is 0 Å². The lowest BCUT2D eigenvalue weighted by Gasteiger charge is -2.30. The molecule has 1 atom stereocenters. The summed E-state index contributed by atoms with van der Waals surface area (Å²) in [4.78, 5) is 57.8. The van der Waals surface area contributed by atoms with Gasteiger partial charge in [-0.2, -0.15) is 0 Å². The Labute approximate surface area is 191 Å². The number of hydrogen-bond acceptors (Lipinski definition) is 6. The molecule has 0 aliphatic heterocycles. The van der Waals surface area contributed by atoms with Gasteiger partial charge in [0.05, 0.1) is 6.42 Å². The lowest BCUT2D eigenvalue weighted by atomic mass is 9.91. The minimum absolute atomic E-state index is 0.00441. The molecule has 2 amide bonds. The van der Waals surface area contributed by atoms with E-state index < -0.39 is 41.4 Å². The van der Waals surface area contributed by atoms with Crippen LogP contribution >= 0.6 is 0 Å². The standard InChI is InChI=1S/C22H30N2O9/c1-3-4-5-12-23-21(32)22(2,24-16(25)10-11-17(26)27)13-14-6-8-15(9-7-14)33-18(19(28)29)20(30)31/h6-9,18H,3-5,10-13H2,1-2H3,(H,23,32)(H,24,25)(H,26,27)(H,28,29)(H,30,31). The van der Waals surface area contributed by atoms with Crippen LogP contribution in [-0.4, -0.2) is 63.2 Å². The fraction of sp³-hybridized carbons (Fsp3) is 0.500. The number of carboxylic acids is 3. The van der Waals surface area contributed by atoms with Crippen LogP contribution in [0, 0.1) is 0 Å². The zero-order chi connectivity index (χ0) is 25.0. The highest BCUT2D eigenvalue weighted by atomic mass is 16.5. The molecule has 11 nitrogen and oxygen atoms in total. The number of carbonyl (C=O) groups excluding carboxylic acids is 2. The summed E-state index contributed by atoms with van der Waals surface area (Å²) in [5, 5.41) is 32.0. The first-order chi connectivity index (χ1) is 15.5. The van der Waals surface area contributed by atoms with Crippen molar-refractivity contribution in [3.63, 3.8) is 0 Å². The monoisotopic (exact) mass is 466 g/mol. The Kier molecular flexibility index (Phi) is 10.8. The topological polar surface area (TPSA) is 179 Å². The maximum atomic E-state index is 12.9. The summed E-state index contributed by atoms with van der Waals surface area (Å²) in [7, 11) is 0. The van der Waals surface area contributed by atoms with Crippen LogP contribution in [-0.2, 0) is 30.4 Å². The molecule has 0 radical (unpaired) electrons. The molecule has 0 aromatic heterocycles. The minimum Gasteiger partial charge on any atom is -0.481 e. The zero-order valence-corrected chi connectivity index (χ0v) is 18.6. The van der Waals surface area contributed by atoms with E-state index >= 15 is 0 Å². The maximum Gasteiger partial charge on any atom is 0.356 e. The van der Waals surface area contributed by atoms with Gasteiger partial charge in [-0.3, -0.25) is 14.4 Å². The molecule has 1 aromatic rings. The van der Waals surface area contributed by atoms with E-state index in [1.165, 1.54) is 31.2 Å². The van der Waals surface area contributed by atoms with Crippen LogP contribution in [0.4, 0.5) is 0 Å². The SMILES string of the molecule is CCCCCNC(=O)C(C)(Cc1ccc(OC(C(=O)O)C(=O)O)cc1)NC(=O)CCC(=O)O. The van der Waals surface area contributed by atoms with Crippen molar-refractivity contribution < 1.29 is 44.0 Å². The van der Waals surface area contributed by atoms with Crippen molar-refractivity contribution >= 4 is 29.7 Å². The predicted octanol–water partition coefficient (Wildman–Crippen LogP) is 1.19. The van der Waals surface area contributed by atoms with Crippen molar-refractivity contribution in [1.29, 1.82) is 0 Å². The molecule has 1 aromatic carbocycles. The number of unbranched alkanes of at least 4 members (excludes halogenated alkanes) is 2. The van der Waals surface area contributed by atoms with Gasteiger partial charge in [0.25, 0.3) is 6.10 Å². The third kappa shape index (κ3) is 9.58. The van der Waals surface area contributed by atoms with Crippen LogP contribution in [0.15, 0.2) is 24.3 Å². The first kappa shape index (κ1) is 27.4. The Hall–Kier alpha value is -3.63. The van der Waals surface area contributed by atoms with E-state index in [4.69, 9.17) is 20.1 Å².